The highest BCUT2D eigenvalue weighted by atomic mass is 16.2. The molecule has 1 aliphatic carbocycles. The number of benzene rings is 1. The number of anilines is 2. The Kier molecular flexibility index (Phi) is 3.60. The Bertz CT molecular complexity index is 436. The Labute approximate surface area is 109 Å². The molecule has 0 aromatic heterocycles. The largest absolute Gasteiger partial charge is 0.397 e. The van der Waals surface area contributed by atoms with E-state index in [0.29, 0.717) is 12.2 Å². The normalized spacial score (nSPS) is 17.7. The summed E-state index contributed by atoms with van der Waals surface area (Å²) in [7, 11) is 0. The Morgan fingerprint density at radius 1 is 1.33 bits per heavy atom. The second kappa shape index (κ2) is 5.01. The van der Waals surface area contributed by atoms with Crippen LogP contribution in [0.2, 0.25) is 0 Å². The van der Waals surface area contributed by atoms with Gasteiger partial charge in [-0.1, -0.05) is 31.9 Å². The van der Waals surface area contributed by atoms with Gasteiger partial charge < -0.3 is 10.6 Å². The molecule has 0 heterocycles. The highest BCUT2D eigenvalue weighted by Gasteiger charge is 2.39. The number of carbonyl (C=O) groups is 1. The average molecular weight is 246 g/mol. The maximum Gasteiger partial charge on any atom is 0.232 e. The summed E-state index contributed by atoms with van der Waals surface area (Å²) < 4.78 is 0. The van der Waals surface area contributed by atoms with Crippen molar-refractivity contribution < 1.29 is 4.79 Å². The van der Waals surface area contributed by atoms with Crippen LogP contribution in [0.4, 0.5) is 11.4 Å². The Morgan fingerprint density at radius 3 is 2.50 bits per heavy atom. The standard InChI is InChI=1S/C15H22N2O/c1-3-17(13-9-5-4-8-12(13)16)14(18)15(2)10-6-7-11-15/h4-5,8-9H,3,6-7,10-11,16H2,1-2H3. The molecule has 1 aliphatic rings. The van der Waals surface area contributed by atoms with Crippen molar-refractivity contribution in [2.45, 2.75) is 39.5 Å². The molecule has 18 heavy (non-hydrogen) atoms. The second-order valence-electron chi connectivity index (χ2n) is 5.38. The van der Waals surface area contributed by atoms with Crippen LogP contribution >= 0.6 is 0 Å². The zero-order valence-corrected chi connectivity index (χ0v) is 11.3. The van der Waals surface area contributed by atoms with Crippen molar-refractivity contribution in [1.82, 2.24) is 0 Å². The fraction of sp³-hybridized carbons (Fsp3) is 0.533. The van der Waals surface area contributed by atoms with Crippen LogP contribution in [0, 0.1) is 5.41 Å². The fourth-order valence-corrected chi connectivity index (χ4v) is 2.85. The summed E-state index contributed by atoms with van der Waals surface area (Å²) in [5.74, 6) is 0.223. The molecule has 1 fully saturated rings. The average Bonchev–Trinajstić information content (AvgIpc) is 2.81. The number of hydrogen-bond donors (Lipinski definition) is 1. The van der Waals surface area contributed by atoms with Gasteiger partial charge in [-0.3, -0.25) is 4.79 Å². The van der Waals surface area contributed by atoms with Gasteiger partial charge in [-0.05, 0) is 31.9 Å². The number of nitrogen functional groups attached to an aromatic ring is 1. The van der Waals surface area contributed by atoms with E-state index < -0.39 is 0 Å². The van der Waals surface area contributed by atoms with Gasteiger partial charge in [0.1, 0.15) is 0 Å². The summed E-state index contributed by atoms with van der Waals surface area (Å²) in [6.07, 6.45) is 4.30. The van der Waals surface area contributed by atoms with Crippen LogP contribution in [0.5, 0.6) is 0 Å². The van der Waals surface area contributed by atoms with E-state index in [0.717, 1.165) is 31.4 Å². The summed E-state index contributed by atoms with van der Waals surface area (Å²) in [6.45, 7) is 4.76. The quantitative estimate of drug-likeness (QED) is 0.832. The Balaban J connectivity index is 2.29. The fourth-order valence-electron chi connectivity index (χ4n) is 2.85. The molecule has 3 heteroatoms. The van der Waals surface area contributed by atoms with E-state index in [-0.39, 0.29) is 11.3 Å². The molecule has 0 radical (unpaired) electrons. The lowest BCUT2D eigenvalue weighted by atomic mass is 9.87. The van der Waals surface area contributed by atoms with Crippen LogP contribution < -0.4 is 10.6 Å². The summed E-state index contributed by atoms with van der Waals surface area (Å²) in [4.78, 5) is 14.6. The highest BCUT2D eigenvalue weighted by Crippen LogP contribution is 2.40. The molecule has 1 amide bonds. The lowest BCUT2D eigenvalue weighted by molar-refractivity contribution is -0.127. The SMILES string of the molecule is CCN(C(=O)C1(C)CCCC1)c1ccccc1N. The number of carbonyl (C=O) groups excluding carboxylic acids is 1. The lowest BCUT2D eigenvalue weighted by Gasteiger charge is -2.31. The van der Waals surface area contributed by atoms with Gasteiger partial charge in [0.15, 0.2) is 0 Å². The van der Waals surface area contributed by atoms with Gasteiger partial charge in [-0.25, -0.2) is 0 Å². The minimum atomic E-state index is -0.196. The molecule has 0 atom stereocenters. The van der Waals surface area contributed by atoms with Crippen LogP contribution in [0.25, 0.3) is 0 Å². The van der Waals surface area contributed by atoms with E-state index in [9.17, 15) is 4.79 Å². The first-order chi connectivity index (χ1) is 8.58. The van der Waals surface area contributed by atoms with Crippen molar-refractivity contribution in [3.63, 3.8) is 0 Å². The van der Waals surface area contributed by atoms with Crippen molar-refractivity contribution in [2.75, 3.05) is 17.2 Å². The number of hydrogen-bond acceptors (Lipinski definition) is 2. The van der Waals surface area contributed by atoms with E-state index in [1.54, 1.807) is 0 Å². The van der Waals surface area contributed by atoms with Crippen LogP contribution in [0.15, 0.2) is 24.3 Å². The van der Waals surface area contributed by atoms with E-state index in [2.05, 4.69) is 6.92 Å². The van der Waals surface area contributed by atoms with E-state index >= 15 is 0 Å². The van der Waals surface area contributed by atoms with Crippen LogP contribution in [-0.2, 0) is 4.79 Å². The molecule has 0 aliphatic heterocycles. The first kappa shape index (κ1) is 12.9. The zero-order chi connectivity index (χ0) is 13.2. The first-order valence-electron chi connectivity index (χ1n) is 6.75. The first-order valence-corrected chi connectivity index (χ1v) is 6.75. The van der Waals surface area contributed by atoms with Gasteiger partial charge in [0, 0.05) is 12.0 Å². The van der Waals surface area contributed by atoms with Gasteiger partial charge in [0.05, 0.1) is 11.4 Å². The van der Waals surface area contributed by atoms with Crippen molar-refractivity contribution in [1.29, 1.82) is 0 Å². The van der Waals surface area contributed by atoms with Crippen LogP contribution in [-0.4, -0.2) is 12.5 Å². The van der Waals surface area contributed by atoms with Gasteiger partial charge in [-0.15, -0.1) is 0 Å². The topological polar surface area (TPSA) is 46.3 Å². The van der Waals surface area contributed by atoms with Gasteiger partial charge >= 0.3 is 0 Å². The van der Waals surface area contributed by atoms with E-state index in [1.165, 1.54) is 0 Å². The molecule has 0 spiro atoms. The summed E-state index contributed by atoms with van der Waals surface area (Å²) in [5.41, 5.74) is 7.31. The Morgan fingerprint density at radius 2 is 1.94 bits per heavy atom. The molecule has 1 aromatic carbocycles. The molecule has 0 bridgehead atoms. The smallest absolute Gasteiger partial charge is 0.232 e. The third-order valence-electron chi connectivity index (χ3n) is 4.01. The van der Waals surface area contributed by atoms with E-state index in [4.69, 9.17) is 5.73 Å². The number of nitrogens with zero attached hydrogens (tertiary/aromatic N) is 1. The summed E-state index contributed by atoms with van der Waals surface area (Å²) in [6, 6.07) is 7.60. The number of para-hydroxylation sites is 2. The van der Waals surface area contributed by atoms with Crippen molar-refractivity contribution >= 4 is 17.3 Å². The highest BCUT2D eigenvalue weighted by molar-refractivity contribution is 5.99. The monoisotopic (exact) mass is 246 g/mol. The minimum Gasteiger partial charge on any atom is -0.397 e. The van der Waals surface area contributed by atoms with Gasteiger partial charge in [-0.2, -0.15) is 0 Å². The van der Waals surface area contributed by atoms with Crippen molar-refractivity contribution in [3.05, 3.63) is 24.3 Å². The third-order valence-corrected chi connectivity index (χ3v) is 4.01. The Hall–Kier alpha value is -1.51. The molecule has 2 rings (SSSR count). The van der Waals surface area contributed by atoms with Gasteiger partial charge in [0.25, 0.3) is 0 Å². The third kappa shape index (κ3) is 2.22. The molecule has 3 nitrogen and oxygen atoms in total. The molecule has 2 N–H and O–H groups in total. The minimum absolute atomic E-state index is 0.196. The predicted molar refractivity (Wildman–Crippen MR) is 75.5 cm³/mol. The molecule has 98 valence electrons. The van der Waals surface area contributed by atoms with E-state index in [1.807, 2.05) is 36.1 Å². The van der Waals surface area contributed by atoms with Crippen LogP contribution in [0.3, 0.4) is 0 Å². The second-order valence-corrected chi connectivity index (χ2v) is 5.38. The molecule has 0 saturated heterocycles. The zero-order valence-electron chi connectivity index (χ0n) is 11.3. The predicted octanol–water partition coefficient (Wildman–Crippen LogP) is 3.20. The molecular weight excluding hydrogens is 224 g/mol. The molecular formula is C15H22N2O. The maximum atomic E-state index is 12.7. The van der Waals surface area contributed by atoms with Crippen LogP contribution in [0.1, 0.15) is 39.5 Å². The van der Waals surface area contributed by atoms with Crippen molar-refractivity contribution in [3.8, 4) is 0 Å². The van der Waals surface area contributed by atoms with Crippen molar-refractivity contribution in [2.24, 2.45) is 5.41 Å². The number of amides is 1. The molecule has 1 aromatic rings. The number of rotatable bonds is 3. The molecule has 0 unspecified atom stereocenters. The summed E-state index contributed by atoms with van der Waals surface area (Å²) in [5, 5.41) is 0. The summed E-state index contributed by atoms with van der Waals surface area (Å²) >= 11 is 0. The van der Waals surface area contributed by atoms with Gasteiger partial charge in [0.2, 0.25) is 5.91 Å². The maximum absolute atomic E-state index is 12.7. The lowest BCUT2D eigenvalue weighted by Crippen LogP contribution is -2.41. The number of nitrogens with two attached hydrogens (primary N) is 1. The molecule has 1 saturated carbocycles.